The molecule has 2 aromatic carbocycles. The van der Waals surface area contributed by atoms with Crippen molar-refractivity contribution in [1.29, 1.82) is 0 Å². The van der Waals surface area contributed by atoms with Crippen molar-refractivity contribution in [3.8, 4) is 0 Å². The molecule has 0 radical (unpaired) electrons. The lowest BCUT2D eigenvalue weighted by Crippen LogP contribution is -2.41. The van der Waals surface area contributed by atoms with Gasteiger partial charge < -0.3 is 20.5 Å². The number of anilines is 1. The number of aromatic nitrogens is 2. The van der Waals surface area contributed by atoms with Crippen LogP contribution < -0.4 is 10.6 Å². The zero-order valence-electron chi connectivity index (χ0n) is 18.1. The number of rotatable bonds is 4. The van der Waals surface area contributed by atoms with Crippen molar-refractivity contribution in [3.63, 3.8) is 0 Å². The second kappa shape index (κ2) is 9.02. The fourth-order valence-electron chi connectivity index (χ4n) is 4.80. The zero-order valence-corrected chi connectivity index (χ0v) is 18.1. The number of carbonyl (C=O) groups excluding carboxylic acids is 2. The molecular formula is C25H29N5O2. The van der Waals surface area contributed by atoms with E-state index in [0.29, 0.717) is 23.8 Å². The Morgan fingerprint density at radius 1 is 0.969 bits per heavy atom. The molecule has 0 spiro atoms. The molecule has 2 aliphatic rings. The fourth-order valence-corrected chi connectivity index (χ4v) is 4.80. The molecule has 1 unspecified atom stereocenters. The van der Waals surface area contributed by atoms with Crippen LogP contribution in [0.3, 0.4) is 0 Å². The van der Waals surface area contributed by atoms with Crippen LogP contribution in [0.25, 0.3) is 11.0 Å². The van der Waals surface area contributed by atoms with Gasteiger partial charge in [-0.15, -0.1) is 0 Å². The molecule has 1 aliphatic carbocycles. The summed E-state index contributed by atoms with van der Waals surface area (Å²) in [6.45, 7) is 1.36. The summed E-state index contributed by atoms with van der Waals surface area (Å²) in [6, 6.07) is 15.3. The molecular weight excluding hydrogens is 402 g/mol. The van der Waals surface area contributed by atoms with Crippen LogP contribution in [0.5, 0.6) is 0 Å². The van der Waals surface area contributed by atoms with E-state index in [4.69, 9.17) is 4.98 Å². The predicted octanol–water partition coefficient (Wildman–Crippen LogP) is 4.65. The summed E-state index contributed by atoms with van der Waals surface area (Å²) >= 11 is 0. The van der Waals surface area contributed by atoms with Crippen molar-refractivity contribution in [2.45, 2.75) is 50.5 Å². The third kappa shape index (κ3) is 4.47. The van der Waals surface area contributed by atoms with Gasteiger partial charge in [0, 0.05) is 36.3 Å². The number of fused-ring (bicyclic) bond motifs is 1. The number of urea groups is 1. The minimum Gasteiger partial charge on any atom is -0.349 e. The van der Waals surface area contributed by atoms with Gasteiger partial charge in [-0.1, -0.05) is 25.0 Å². The molecule has 7 heteroatoms. The number of H-pyrrole nitrogens is 1. The highest BCUT2D eigenvalue weighted by molar-refractivity contribution is 5.95. The van der Waals surface area contributed by atoms with Gasteiger partial charge in [-0.05, 0) is 62.1 Å². The Hall–Kier alpha value is -3.35. The number of carbonyl (C=O) groups is 2. The summed E-state index contributed by atoms with van der Waals surface area (Å²) in [6.07, 6.45) is 6.44. The molecule has 1 saturated heterocycles. The number of piperidine rings is 1. The number of para-hydroxylation sites is 2. The van der Waals surface area contributed by atoms with Gasteiger partial charge in [-0.3, -0.25) is 4.79 Å². The van der Waals surface area contributed by atoms with Crippen molar-refractivity contribution >= 4 is 28.7 Å². The lowest BCUT2D eigenvalue weighted by atomic mass is 9.97. The average Bonchev–Trinajstić information content (AvgIpc) is 3.49. The first-order valence-electron chi connectivity index (χ1n) is 11.6. The maximum Gasteiger partial charge on any atom is 0.321 e. The fraction of sp³-hybridized carbons (Fsp3) is 0.400. The molecule has 1 aliphatic heterocycles. The van der Waals surface area contributed by atoms with Gasteiger partial charge in [0.2, 0.25) is 0 Å². The first-order chi connectivity index (χ1) is 15.7. The Kier molecular flexibility index (Phi) is 5.79. The molecule has 0 bridgehead atoms. The van der Waals surface area contributed by atoms with E-state index < -0.39 is 0 Å². The van der Waals surface area contributed by atoms with E-state index in [1.165, 1.54) is 12.8 Å². The van der Waals surface area contributed by atoms with Crippen LogP contribution in [0.4, 0.5) is 10.5 Å². The van der Waals surface area contributed by atoms with E-state index in [9.17, 15) is 9.59 Å². The van der Waals surface area contributed by atoms with Gasteiger partial charge in [-0.2, -0.15) is 0 Å². The minimum atomic E-state index is -0.117. The molecule has 1 saturated carbocycles. The highest BCUT2D eigenvalue weighted by Gasteiger charge is 2.27. The number of hydrogen-bond donors (Lipinski definition) is 3. The number of nitrogens with zero attached hydrogens (tertiary/aromatic N) is 2. The summed E-state index contributed by atoms with van der Waals surface area (Å²) < 4.78 is 0. The second-order valence-electron chi connectivity index (χ2n) is 8.89. The molecule has 32 heavy (non-hydrogen) atoms. The molecule has 2 fully saturated rings. The van der Waals surface area contributed by atoms with Gasteiger partial charge in [0.25, 0.3) is 5.91 Å². The molecule has 3 aromatic rings. The van der Waals surface area contributed by atoms with Gasteiger partial charge in [0.05, 0.1) is 11.0 Å². The summed E-state index contributed by atoms with van der Waals surface area (Å²) in [5, 5.41) is 6.07. The van der Waals surface area contributed by atoms with E-state index in [0.717, 1.165) is 49.1 Å². The zero-order chi connectivity index (χ0) is 21.9. The Labute approximate surface area is 187 Å². The topological polar surface area (TPSA) is 90.1 Å². The molecule has 7 nitrogen and oxygen atoms in total. The summed E-state index contributed by atoms with van der Waals surface area (Å²) in [4.78, 5) is 35.3. The van der Waals surface area contributed by atoms with Crippen molar-refractivity contribution in [1.82, 2.24) is 20.2 Å². The predicted molar refractivity (Wildman–Crippen MR) is 125 cm³/mol. The van der Waals surface area contributed by atoms with Crippen LogP contribution in [-0.4, -0.2) is 45.9 Å². The lowest BCUT2D eigenvalue weighted by Gasteiger charge is -2.31. The largest absolute Gasteiger partial charge is 0.349 e. The Bertz CT molecular complexity index is 1070. The maximum absolute atomic E-state index is 12.9. The van der Waals surface area contributed by atoms with Crippen molar-refractivity contribution < 1.29 is 9.59 Å². The molecule has 3 N–H and O–H groups in total. The van der Waals surface area contributed by atoms with Gasteiger partial charge in [-0.25, -0.2) is 9.78 Å². The molecule has 166 valence electrons. The normalized spacial score (nSPS) is 19.2. The molecule has 1 aromatic heterocycles. The second-order valence-corrected chi connectivity index (χ2v) is 8.89. The molecule has 3 amide bonds. The average molecular weight is 432 g/mol. The van der Waals surface area contributed by atoms with Crippen LogP contribution in [-0.2, 0) is 0 Å². The number of hydrogen-bond acceptors (Lipinski definition) is 3. The molecule has 2 heterocycles. The highest BCUT2D eigenvalue weighted by atomic mass is 16.2. The SMILES string of the molecule is O=C(NC1CCCC1)c1ccc(NC(=O)N2CCCC(c3nc4ccccc4[nH]3)C2)cc1. The van der Waals surface area contributed by atoms with E-state index >= 15 is 0 Å². The van der Waals surface area contributed by atoms with Gasteiger partial charge in [0.1, 0.15) is 5.82 Å². The van der Waals surface area contributed by atoms with Crippen molar-refractivity contribution in [3.05, 3.63) is 59.9 Å². The van der Waals surface area contributed by atoms with E-state index in [-0.39, 0.29) is 17.9 Å². The van der Waals surface area contributed by atoms with Crippen LogP contribution in [0.2, 0.25) is 0 Å². The van der Waals surface area contributed by atoms with Crippen LogP contribution in [0, 0.1) is 0 Å². The first-order valence-corrected chi connectivity index (χ1v) is 11.6. The third-order valence-corrected chi connectivity index (χ3v) is 6.59. The first kappa shape index (κ1) is 20.5. The number of nitrogens with one attached hydrogen (secondary N) is 3. The minimum absolute atomic E-state index is 0.0421. The number of amides is 3. The highest BCUT2D eigenvalue weighted by Crippen LogP contribution is 2.27. The lowest BCUT2D eigenvalue weighted by molar-refractivity contribution is 0.0938. The Morgan fingerprint density at radius 3 is 2.53 bits per heavy atom. The van der Waals surface area contributed by atoms with Gasteiger partial charge in [0.15, 0.2) is 0 Å². The standard InChI is InChI=1S/C25H29N5O2/c31-24(26-19-7-1-2-8-19)17-11-13-20(14-12-17)27-25(32)30-15-5-6-18(16-30)23-28-21-9-3-4-10-22(21)29-23/h3-4,9-14,18-19H,1-2,5-8,15-16H2,(H,26,31)(H,27,32)(H,28,29). The number of imidazole rings is 1. The van der Waals surface area contributed by atoms with Crippen LogP contribution >= 0.6 is 0 Å². The van der Waals surface area contributed by atoms with E-state index in [1.54, 1.807) is 24.3 Å². The summed E-state index contributed by atoms with van der Waals surface area (Å²) in [5.41, 5.74) is 3.30. The van der Waals surface area contributed by atoms with Crippen LogP contribution in [0.15, 0.2) is 48.5 Å². The Balaban J connectivity index is 1.19. The number of benzene rings is 2. The quantitative estimate of drug-likeness (QED) is 0.562. The van der Waals surface area contributed by atoms with E-state index in [2.05, 4.69) is 15.6 Å². The monoisotopic (exact) mass is 431 g/mol. The smallest absolute Gasteiger partial charge is 0.321 e. The Morgan fingerprint density at radius 2 is 1.75 bits per heavy atom. The summed E-state index contributed by atoms with van der Waals surface area (Å²) in [7, 11) is 0. The molecule has 5 rings (SSSR count). The number of likely N-dealkylation sites (tertiary alicyclic amines) is 1. The van der Waals surface area contributed by atoms with Crippen molar-refractivity contribution in [2.75, 3.05) is 18.4 Å². The maximum atomic E-state index is 12.9. The number of aromatic amines is 1. The van der Waals surface area contributed by atoms with E-state index in [1.807, 2.05) is 29.2 Å². The van der Waals surface area contributed by atoms with Crippen LogP contribution in [0.1, 0.15) is 60.6 Å². The molecule has 1 atom stereocenters. The van der Waals surface area contributed by atoms with Gasteiger partial charge >= 0.3 is 6.03 Å². The van der Waals surface area contributed by atoms with Crippen molar-refractivity contribution in [2.24, 2.45) is 0 Å². The third-order valence-electron chi connectivity index (χ3n) is 6.59. The summed E-state index contributed by atoms with van der Waals surface area (Å²) in [5.74, 6) is 1.10.